The van der Waals surface area contributed by atoms with Gasteiger partial charge in [0, 0.05) is 58.8 Å². The molecule has 0 N–H and O–H groups in total. The zero-order chi connectivity index (χ0) is 26.9. The number of likely N-dealkylation sites (tertiary alicyclic amines) is 1. The van der Waals surface area contributed by atoms with Crippen molar-refractivity contribution in [2.75, 3.05) is 19.7 Å². The number of piperidine rings is 1. The van der Waals surface area contributed by atoms with E-state index in [4.69, 9.17) is 37.8 Å². The lowest BCUT2D eigenvalue weighted by molar-refractivity contribution is -0.138. The first-order valence-corrected chi connectivity index (χ1v) is 13.2. The number of carbonyl (C=O) groups excluding carboxylic acids is 1. The summed E-state index contributed by atoms with van der Waals surface area (Å²) in [6.07, 6.45) is -1.73. The second-order valence-corrected chi connectivity index (χ2v) is 10.4. The number of carbonyl (C=O) groups is 1. The number of rotatable bonds is 6. The quantitative estimate of drug-likeness (QED) is 0.357. The van der Waals surface area contributed by atoms with Gasteiger partial charge in [0.15, 0.2) is 12.7 Å². The Kier molecular flexibility index (Phi) is 7.73. The number of thiazole rings is 1. The molecule has 14 heteroatoms. The molecule has 1 aromatic carbocycles. The minimum atomic E-state index is -4.54. The van der Waals surface area contributed by atoms with Gasteiger partial charge in [0.25, 0.3) is 5.91 Å². The Morgan fingerprint density at radius 2 is 1.84 bits per heavy atom. The Labute approximate surface area is 229 Å². The van der Waals surface area contributed by atoms with Gasteiger partial charge in [-0.25, -0.2) is 15.0 Å². The van der Waals surface area contributed by atoms with Gasteiger partial charge < -0.3 is 14.5 Å². The monoisotopic (exact) mass is 585 g/mol. The lowest BCUT2D eigenvalue weighted by Crippen LogP contribution is -2.40. The molecular formula is C24H20Cl2F3N5O3S. The molecule has 38 heavy (non-hydrogen) atoms. The first-order valence-electron chi connectivity index (χ1n) is 11.6. The molecule has 1 unspecified atom stereocenters. The van der Waals surface area contributed by atoms with E-state index < -0.39 is 11.7 Å². The van der Waals surface area contributed by atoms with E-state index in [1.54, 1.807) is 34.4 Å². The number of hydrogen-bond acceptors (Lipinski definition) is 8. The van der Waals surface area contributed by atoms with E-state index in [-0.39, 0.29) is 30.5 Å². The molecule has 2 aliphatic rings. The smallest absolute Gasteiger partial charge is 0.419 e. The molecule has 3 aromatic rings. The summed E-state index contributed by atoms with van der Waals surface area (Å²) in [6, 6.07) is 5.01. The lowest BCUT2D eigenvalue weighted by Gasteiger charge is -2.31. The van der Waals surface area contributed by atoms with Crippen molar-refractivity contribution >= 4 is 46.2 Å². The van der Waals surface area contributed by atoms with Crippen LogP contribution in [0, 0.1) is 0 Å². The van der Waals surface area contributed by atoms with Crippen LogP contribution in [0.15, 0.2) is 41.1 Å². The number of oxime groups is 1. The van der Waals surface area contributed by atoms with Crippen LogP contribution in [0.4, 0.5) is 13.2 Å². The summed E-state index contributed by atoms with van der Waals surface area (Å²) in [6.45, 7) is 0.660. The summed E-state index contributed by atoms with van der Waals surface area (Å²) in [4.78, 5) is 31.6. The van der Waals surface area contributed by atoms with Crippen LogP contribution in [0.5, 0.6) is 6.01 Å². The average molecular weight is 586 g/mol. The highest BCUT2D eigenvalue weighted by atomic mass is 35.5. The number of ether oxygens (including phenoxy) is 1. The first kappa shape index (κ1) is 26.6. The second kappa shape index (κ2) is 11.0. The van der Waals surface area contributed by atoms with Crippen molar-refractivity contribution < 1.29 is 27.5 Å². The minimum absolute atomic E-state index is 0.189. The maximum atomic E-state index is 12.6. The highest BCUT2D eigenvalue weighted by Gasteiger charge is 2.32. The number of hydrogen-bond donors (Lipinski definition) is 0. The third kappa shape index (κ3) is 5.87. The summed E-state index contributed by atoms with van der Waals surface area (Å²) < 4.78 is 43.0. The summed E-state index contributed by atoms with van der Waals surface area (Å²) in [7, 11) is 0. The predicted molar refractivity (Wildman–Crippen MR) is 135 cm³/mol. The summed E-state index contributed by atoms with van der Waals surface area (Å²) in [5.41, 5.74) is 1.19. The van der Waals surface area contributed by atoms with E-state index in [0.29, 0.717) is 47.5 Å². The number of nitrogens with zero attached hydrogens (tertiary/aromatic N) is 5. The van der Waals surface area contributed by atoms with Crippen molar-refractivity contribution in [3.8, 4) is 6.01 Å². The van der Waals surface area contributed by atoms with Gasteiger partial charge in [0.05, 0.1) is 16.3 Å². The number of aromatic nitrogens is 3. The van der Waals surface area contributed by atoms with Crippen LogP contribution in [-0.4, -0.2) is 51.2 Å². The van der Waals surface area contributed by atoms with Gasteiger partial charge >= 0.3 is 12.2 Å². The van der Waals surface area contributed by atoms with Crippen LogP contribution in [0.1, 0.15) is 53.1 Å². The van der Waals surface area contributed by atoms with Crippen molar-refractivity contribution in [2.24, 2.45) is 5.16 Å². The van der Waals surface area contributed by atoms with Gasteiger partial charge in [-0.3, -0.25) is 4.79 Å². The van der Waals surface area contributed by atoms with Crippen molar-refractivity contribution in [3.63, 3.8) is 0 Å². The van der Waals surface area contributed by atoms with Crippen LogP contribution in [-0.2, 0) is 15.8 Å². The molecule has 0 spiro atoms. The molecule has 0 radical (unpaired) electrons. The number of amides is 1. The van der Waals surface area contributed by atoms with E-state index in [9.17, 15) is 18.0 Å². The molecule has 4 heterocycles. The third-order valence-corrected chi connectivity index (χ3v) is 7.95. The summed E-state index contributed by atoms with van der Waals surface area (Å²) in [5, 5.41) is 8.17. The Hall–Kier alpha value is -2.96. The molecule has 8 nitrogen and oxygen atoms in total. The Morgan fingerprint density at radius 1 is 1.16 bits per heavy atom. The SMILES string of the molecule is O=C(COc1ncc(C(F)(F)F)cn1)N1CCC(c2nc(C3=NOC(c4c(Cl)cccc4Cl)C3)cs2)CC1. The minimum Gasteiger partial charge on any atom is -0.453 e. The fourth-order valence-corrected chi connectivity index (χ4v) is 5.88. The van der Waals surface area contributed by atoms with E-state index in [0.717, 1.165) is 29.3 Å². The van der Waals surface area contributed by atoms with Gasteiger partial charge in [-0.05, 0) is 25.0 Å². The predicted octanol–water partition coefficient (Wildman–Crippen LogP) is 5.91. The fourth-order valence-electron chi connectivity index (χ4n) is 4.24. The van der Waals surface area contributed by atoms with Crippen LogP contribution in [0.2, 0.25) is 10.0 Å². The molecule has 0 saturated carbocycles. The number of halogens is 5. The van der Waals surface area contributed by atoms with Crippen molar-refractivity contribution in [1.82, 2.24) is 19.9 Å². The molecule has 1 fully saturated rings. The molecule has 1 saturated heterocycles. The van der Waals surface area contributed by atoms with E-state index >= 15 is 0 Å². The normalized spacial score (nSPS) is 18.3. The van der Waals surface area contributed by atoms with E-state index in [1.807, 2.05) is 5.38 Å². The second-order valence-electron chi connectivity index (χ2n) is 8.74. The Morgan fingerprint density at radius 3 is 2.50 bits per heavy atom. The van der Waals surface area contributed by atoms with E-state index in [1.165, 1.54) is 0 Å². The lowest BCUT2D eigenvalue weighted by atomic mass is 9.97. The van der Waals surface area contributed by atoms with Crippen LogP contribution in [0.3, 0.4) is 0 Å². The summed E-state index contributed by atoms with van der Waals surface area (Å²) in [5.74, 6) is -0.0952. The molecule has 1 atom stereocenters. The van der Waals surface area contributed by atoms with Crippen LogP contribution in [0.25, 0.3) is 0 Å². The van der Waals surface area contributed by atoms with Gasteiger partial charge in [0.2, 0.25) is 0 Å². The third-order valence-electron chi connectivity index (χ3n) is 6.29. The molecule has 0 bridgehead atoms. The van der Waals surface area contributed by atoms with Gasteiger partial charge in [-0.15, -0.1) is 11.3 Å². The molecule has 2 aliphatic heterocycles. The van der Waals surface area contributed by atoms with Gasteiger partial charge in [0.1, 0.15) is 5.71 Å². The molecule has 5 rings (SSSR count). The molecule has 1 amide bonds. The number of alkyl halides is 3. The Bertz CT molecular complexity index is 1320. The van der Waals surface area contributed by atoms with Crippen molar-refractivity contribution in [3.05, 3.63) is 67.8 Å². The molecule has 0 aliphatic carbocycles. The standard InChI is InChI=1S/C24H20Cl2F3N5O3S/c25-15-2-1-3-16(26)21(15)19-8-17(33-37-19)18-12-38-22(32-18)13-4-6-34(7-5-13)20(35)11-36-23-30-9-14(10-31-23)24(27,28)29/h1-3,9-10,12-13,19H,4-8,11H2. The van der Waals surface area contributed by atoms with Crippen LogP contribution < -0.4 is 4.74 Å². The molecular weight excluding hydrogens is 566 g/mol. The first-order chi connectivity index (χ1) is 18.2. The molecule has 2 aromatic heterocycles. The summed E-state index contributed by atoms with van der Waals surface area (Å²) >= 11 is 14.2. The van der Waals surface area contributed by atoms with Gasteiger partial charge in [-0.1, -0.05) is 34.4 Å². The zero-order valence-corrected chi connectivity index (χ0v) is 21.9. The van der Waals surface area contributed by atoms with E-state index in [2.05, 4.69) is 15.1 Å². The largest absolute Gasteiger partial charge is 0.453 e. The van der Waals surface area contributed by atoms with Gasteiger partial charge in [-0.2, -0.15) is 13.2 Å². The molecule has 200 valence electrons. The Balaban J connectivity index is 1.11. The highest BCUT2D eigenvalue weighted by Crippen LogP contribution is 2.39. The highest BCUT2D eigenvalue weighted by molar-refractivity contribution is 7.10. The zero-order valence-electron chi connectivity index (χ0n) is 19.6. The maximum Gasteiger partial charge on any atom is 0.419 e. The van der Waals surface area contributed by atoms with Crippen molar-refractivity contribution in [2.45, 2.75) is 37.5 Å². The fraction of sp³-hybridized carbons (Fsp3) is 0.375. The van der Waals surface area contributed by atoms with Crippen LogP contribution >= 0.6 is 34.5 Å². The average Bonchev–Trinajstić information content (AvgIpc) is 3.57. The van der Waals surface area contributed by atoms with Crippen molar-refractivity contribution in [1.29, 1.82) is 0 Å². The number of benzene rings is 1. The topological polar surface area (TPSA) is 89.8 Å². The maximum absolute atomic E-state index is 12.6.